The summed E-state index contributed by atoms with van der Waals surface area (Å²) in [5, 5.41) is 12.3. The first-order chi connectivity index (χ1) is 8.26. The zero-order valence-corrected chi connectivity index (χ0v) is 10.9. The Balaban J connectivity index is 2.46. The molecule has 0 aromatic carbocycles. The summed E-state index contributed by atoms with van der Waals surface area (Å²) < 4.78 is 0. The van der Waals surface area contributed by atoms with Crippen LogP contribution < -0.4 is 5.32 Å². The molecule has 0 spiro atoms. The van der Waals surface area contributed by atoms with Gasteiger partial charge in [-0.05, 0) is 51.2 Å². The van der Waals surface area contributed by atoms with E-state index in [1.807, 2.05) is 25.4 Å². The molecule has 1 rings (SSSR count). The van der Waals surface area contributed by atoms with Crippen molar-refractivity contribution in [3.8, 4) is 6.07 Å². The molecule has 0 aromatic heterocycles. The number of piperidine rings is 1. The summed E-state index contributed by atoms with van der Waals surface area (Å²) in [6, 6.07) is 2.54. The van der Waals surface area contributed by atoms with Crippen molar-refractivity contribution in [1.29, 1.82) is 5.26 Å². The van der Waals surface area contributed by atoms with Gasteiger partial charge in [0, 0.05) is 7.05 Å². The van der Waals surface area contributed by atoms with Gasteiger partial charge in [0.15, 0.2) is 0 Å². The summed E-state index contributed by atoms with van der Waals surface area (Å²) in [6.45, 7) is 5.40. The third-order valence-corrected chi connectivity index (χ3v) is 3.52. The molecule has 0 aliphatic carbocycles. The Morgan fingerprint density at radius 3 is 2.59 bits per heavy atom. The van der Waals surface area contributed by atoms with Crippen LogP contribution in [-0.4, -0.2) is 31.6 Å². The number of rotatable bonds is 5. The molecule has 0 unspecified atom stereocenters. The SMILES string of the molecule is CCN1CCC(C#N)(C/C=C\C=C/NC)CC1. The lowest BCUT2D eigenvalue weighted by Gasteiger charge is -2.36. The van der Waals surface area contributed by atoms with E-state index in [1.54, 1.807) is 0 Å². The number of allylic oxidation sites excluding steroid dienone is 3. The molecule has 3 nitrogen and oxygen atoms in total. The predicted molar refractivity (Wildman–Crippen MR) is 71.4 cm³/mol. The maximum atomic E-state index is 9.37. The van der Waals surface area contributed by atoms with E-state index < -0.39 is 0 Å². The monoisotopic (exact) mass is 233 g/mol. The van der Waals surface area contributed by atoms with Gasteiger partial charge in [0.2, 0.25) is 0 Å². The molecule has 1 heterocycles. The van der Waals surface area contributed by atoms with Gasteiger partial charge in [-0.3, -0.25) is 0 Å². The molecule has 1 aliphatic rings. The molecule has 1 aliphatic heterocycles. The lowest BCUT2D eigenvalue weighted by atomic mass is 9.77. The maximum absolute atomic E-state index is 9.37. The predicted octanol–water partition coefficient (Wildman–Crippen LogP) is 2.29. The second-order valence-corrected chi connectivity index (χ2v) is 4.61. The molecule has 0 bridgehead atoms. The minimum Gasteiger partial charge on any atom is -0.394 e. The fraction of sp³-hybridized carbons (Fsp3) is 0.643. The van der Waals surface area contributed by atoms with Crippen LogP contribution in [0.1, 0.15) is 26.2 Å². The minimum absolute atomic E-state index is 0.129. The zero-order valence-electron chi connectivity index (χ0n) is 10.9. The normalized spacial score (nSPS) is 20.8. The first-order valence-corrected chi connectivity index (χ1v) is 6.39. The summed E-state index contributed by atoms with van der Waals surface area (Å²) in [4.78, 5) is 2.42. The van der Waals surface area contributed by atoms with Crippen LogP contribution in [0.15, 0.2) is 24.4 Å². The van der Waals surface area contributed by atoms with Crippen LogP contribution in [0.3, 0.4) is 0 Å². The maximum Gasteiger partial charge on any atom is 0.0694 e. The van der Waals surface area contributed by atoms with Gasteiger partial charge >= 0.3 is 0 Å². The fourth-order valence-electron chi connectivity index (χ4n) is 2.18. The van der Waals surface area contributed by atoms with E-state index in [-0.39, 0.29) is 5.41 Å². The van der Waals surface area contributed by atoms with Gasteiger partial charge in [-0.1, -0.05) is 19.1 Å². The summed E-state index contributed by atoms with van der Waals surface area (Å²) in [7, 11) is 1.88. The third kappa shape index (κ3) is 4.24. The molecule has 1 N–H and O–H groups in total. The van der Waals surface area contributed by atoms with E-state index in [1.165, 1.54) is 0 Å². The van der Waals surface area contributed by atoms with E-state index in [0.29, 0.717) is 0 Å². The van der Waals surface area contributed by atoms with Crippen LogP contribution >= 0.6 is 0 Å². The molecule has 0 amide bonds. The van der Waals surface area contributed by atoms with Crippen molar-refractivity contribution in [2.75, 3.05) is 26.7 Å². The molecule has 3 heteroatoms. The van der Waals surface area contributed by atoms with Crippen molar-refractivity contribution in [3.05, 3.63) is 24.4 Å². The highest BCUT2D eigenvalue weighted by Crippen LogP contribution is 2.34. The Kier molecular flexibility index (Phi) is 5.79. The van der Waals surface area contributed by atoms with Crippen LogP contribution in [0.4, 0.5) is 0 Å². The quantitative estimate of drug-likeness (QED) is 0.741. The van der Waals surface area contributed by atoms with Crippen LogP contribution in [0, 0.1) is 16.7 Å². The first-order valence-electron chi connectivity index (χ1n) is 6.39. The highest BCUT2D eigenvalue weighted by molar-refractivity contribution is 5.09. The van der Waals surface area contributed by atoms with E-state index in [4.69, 9.17) is 0 Å². The molecule has 0 radical (unpaired) electrons. The number of hydrogen-bond donors (Lipinski definition) is 1. The molecule has 0 atom stereocenters. The molecule has 94 valence electrons. The molecular formula is C14H23N3. The lowest BCUT2D eigenvalue weighted by molar-refractivity contribution is 0.152. The van der Waals surface area contributed by atoms with Crippen molar-refractivity contribution >= 4 is 0 Å². The fourth-order valence-corrected chi connectivity index (χ4v) is 2.18. The average Bonchev–Trinajstić information content (AvgIpc) is 2.39. The zero-order chi connectivity index (χ0) is 12.6. The van der Waals surface area contributed by atoms with E-state index >= 15 is 0 Å². The van der Waals surface area contributed by atoms with E-state index in [9.17, 15) is 5.26 Å². The van der Waals surface area contributed by atoms with Crippen molar-refractivity contribution in [2.45, 2.75) is 26.2 Å². The number of hydrogen-bond acceptors (Lipinski definition) is 3. The lowest BCUT2D eigenvalue weighted by Crippen LogP contribution is -2.39. The molecular weight excluding hydrogens is 210 g/mol. The molecule has 17 heavy (non-hydrogen) atoms. The van der Waals surface area contributed by atoms with Crippen LogP contribution in [0.25, 0.3) is 0 Å². The van der Waals surface area contributed by atoms with Gasteiger partial charge in [0.1, 0.15) is 0 Å². The van der Waals surface area contributed by atoms with Gasteiger partial charge in [-0.2, -0.15) is 5.26 Å². The van der Waals surface area contributed by atoms with Crippen LogP contribution in [-0.2, 0) is 0 Å². The van der Waals surface area contributed by atoms with Crippen LogP contribution in [0.2, 0.25) is 0 Å². The number of nitrogens with one attached hydrogen (secondary N) is 1. The summed E-state index contributed by atoms with van der Waals surface area (Å²) in [5.74, 6) is 0. The summed E-state index contributed by atoms with van der Waals surface area (Å²) >= 11 is 0. The van der Waals surface area contributed by atoms with Gasteiger partial charge in [-0.25, -0.2) is 0 Å². The Bertz CT molecular complexity index is 304. The Morgan fingerprint density at radius 1 is 1.35 bits per heavy atom. The second kappa shape index (κ2) is 7.13. The smallest absolute Gasteiger partial charge is 0.0694 e. The average molecular weight is 233 g/mol. The molecule has 0 aromatic rings. The largest absolute Gasteiger partial charge is 0.394 e. The number of likely N-dealkylation sites (tertiary alicyclic amines) is 1. The topological polar surface area (TPSA) is 39.1 Å². The minimum atomic E-state index is -0.129. The Hall–Kier alpha value is -1.27. The first kappa shape index (κ1) is 13.8. The van der Waals surface area contributed by atoms with Crippen molar-refractivity contribution in [2.24, 2.45) is 5.41 Å². The van der Waals surface area contributed by atoms with Gasteiger partial charge in [0.25, 0.3) is 0 Å². The highest BCUT2D eigenvalue weighted by Gasteiger charge is 2.32. The number of nitrogens with zero attached hydrogens (tertiary/aromatic N) is 2. The summed E-state index contributed by atoms with van der Waals surface area (Å²) in [5.41, 5.74) is -0.129. The van der Waals surface area contributed by atoms with Gasteiger partial charge in [-0.15, -0.1) is 0 Å². The standard InChI is InChI=1S/C14H23N3/c1-3-17-11-8-14(13-15,9-12-17)7-5-4-6-10-16-2/h4-6,10,16H,3,7-9,11-12H2,1-2H3/b5-4-,10-6-. The molecule has 1 saturated heterocycles. The van der Waals surface area contributed by atoms with Gasteiger partial charge < -0.3 is 10.2 Å². The Labute approximate surface area is 105 Å². The third-order valence-electron chi connectivity index (χ3n) is 3.52. The van der Waals surface area contributed by atoms with Gasteiger partial charge in [0.05, 0.1) is 11.5 Å². The second-order valence-electron chi connectivity index (χ2n) is 4.61. The van der Waals surface area contributed by atoms with Crippen molar-refractivity contribution in [1.82, 2.24) is 10.2 Å². The Morgan fingerprint density at radius 2 is 2.06 bits per heavy atom. The van der Waals surface area contributed by atoms with Crippen molar-refractivity contribution in [3.63, 3.8) is 0 Å². The molecule has 0 saturated carbocycles. The van der Waals surface area contributed by atoms with Crippen LogP contribution in [0.5, 0.6) is 0 Å². The van der Waals surface area contributed by atoms with E-state index in [0.717, 1.165) is 38.9 Å². The van der Waals surface area contributed by atoms with E-state index in [2.05, 4.69) is 29.3 Å². The highest BCUT2D eigenvalue weighted by atomic mass is 15.1. The number of nitriles is 1. The van der Waals surface area contributed by atoms with Crippen molar-refractivity contribution < 1.29 is 0 Å². The molecule has 1 fully saturated rings. The summed E-state index contributed by atoms with van der Waals surface area (Å²) in [6.07, 6.45) is 10.8.